The highest BCUT2D eigenvalue weighted by Crippen LogP contribution is 2.23. The van der Waals surface area contributed by atoms with Crippen LogP contribution in [0.15, 0.2) is 12.1 Å². The van der Waals surface area contributed by atoms with Gasteiger partial charge in [-0.3, -0.25) is 4.90 Å². The number of nitrogens with one attached hydrogen (secondary N) is 1. The van der Waals surface area contributed by atoms with Crippen molar-refractivity contribution in [3.05, 3.63) is 22.8 Å². The SMILES string of the molecule is CCNc1ccc(Cl)c(CN2CCC(C)C(OC)C2)n1. The van der Waals surface area contributed by atoms with Crippen LogP contribution in [0.4, 0.5) is 5.82 Å². The number of rotatable bonds is 5. The van der Waals surface area contributed by atoms with Crippen LogP contribution in [-0.2, 0) is 11.3 Å². The van der Waals surface area contributed by atoms with Gasteiger partial charge in [-0.25, -0.2) is 4.98 Å². The summed E-state index contributed by atoms with van der Waals surface area (Å²) in [5.74, 6) is 1.51. The van der Waals surface area contributed by atoms with E-state index in [9.17, 15) is 0 Å². The van der Waals surface area contributed by atoms with Gasteiger partial charge in [-0.1, -0.05) is 18.5 Å². The first kappa shape index (κ1) is 15.5. The van der Waals surface area contributed by atoms with Crippen molar-refractivity contribution in [2.75, 3.05) is 32.1 Å². The molecule has 0 amide bonds. The molecule has 1 saturated heterocycles. The lowest BCUT2D eigenvalue weighted by Gasteiger charge is -2.36. The van der Waals surface area contributed by atoms with Crippen LogP contribution >= 0.6 is 11.6 Å². The highest BCUT2D eigenvalue weighted by atomic mass is 35.5. The number of hydrogen-bond acceptors (Lipinski definition) is 4. The van der Waals surface area contributed by atoms with Gasteiger partial charge in [0.05, 0.1) is 16.8 Å². The second-order valence-electron chi connectivity index (χ2n) is 5.43. The van der Waals surface area contributed by atoms with Gasteiger partial charge in [-0.2, -0.15) is 0 Å². The summed E-state index contributed by atoms with van der Waals surface area (Å²) in [5.41, 5.74) is 0.939. The Morgan fingerprint density at radius 1 is 1.50 bits per heavy atom. The van der Waals surface area contributed by atoms with Gasteiger partial charge in [0, 0.05) is 26.7 Å². The average Bonchev–Trinajstić information content (AvgIpc) is 2.45. The zero-order valence-corrected chi connectivity index (χ0v) is 13.3. The Hall–Kier alpha value is -0.840. The molecule has 112 valence electrons. The van der Waals surface area contributed by atoms with E-state index in [-0.39, 0.29) is 0 Å². The zero-order valence-electron chi connectivity index (χ0n) is 12.5. The molecule has 1 aromatic heterocycles. The predicted octanol–water partition coefficient (Wildman–Crippen LogP) is 3.02. The van der Waals surface area contributed by atoms with E-state index in [1.165, 1.54) is 0 Å². The van der Waals surface area contributed by atoms with E-state index < -0.39 is 0 Å². The van der Waals surface area contributed by atoms with Gasteiger partial charge in [0.2, 0.25) is 0 Å². The van der Waals surface area contributed by atoms with Crippen molar-refractivity contribution in [1.29, 1.82) is 0 Å². The van der Waals surface area contributed by atoms with Crippen LogP contribution in [0.5, 0.6) is 0 Å². The first-order valence-electron chi connectivity index (χ1n) is 7.28. The lowest BCUT2D eigenvalue weighted by atomic mass is 9.96. The predicted molar refractivity (Wildman–Crippen MR) is 83.3 cm³/mol. The van der Waals surface area contributed by atoms with Crippen molar-refractivity contribution in [3.8, 4) is 0 Å². The Morgan fingerprint density at radius 2 is 2.30 bits per heavy atom. The minimum Gasteiger partial charge on any atom is -0.380 e. The molecular weight excluding hydrogens is 274 g/mol. The summed E-state index contributed by atoms with van der Waals surface area (Å²) >= 11 is 6.27. The van der Waals surface area contributed by atoms with E-state index in [1.54, 1.807) is 7.11 Å². The second kappa shape index (κ2) is 7.25. The number of piperidine rings is 1. The summed E-state index contributed by atoms with van der Waals surface area (Å²) < 4.78 is 5.56. The molecule has 2 heterocycles. The van der Waals surface area contributed by atoms with E-state index in [0.29, 0.717) is 12.0 Å². The normalized spacial score (nSPS) is 23.8. The van der Waals surface area contributed by atoms with Crippen molar-refractivity contribution in [2.24, 2.45) is 5.92 Å². The molecule has 1 aliphatic heterocycles. The summed E-state index contributed by atoms with van der Waals surface area (Å²) in [6.45, 7) is 7.98. The number of ether oxygens (including phenoxy) is 1. The molecule has 1 aliphatic rings. The Kier molecular flexibility index (Phi) is 5.64. The molecule has 1 aromatic rings. The molecule has 20 heavy (non-hydrogen) atoms. The molecule has 1 fully saturated rings. The summed E-state index contributed by atoms with van der Waals surface area (Å²) in [6, 6.07) is 3.84. The van der Waals surface area contributed by atoms with Gasteiger partial charge >= 0.3 is 0 Å². The Bertz CT molecular complexity index is 441. The number of aromatic nitrogens is 1. The maximum Gasteiger partial charge on any atom is 0.126 e. The molecule has 0 saturated carbocycles. The topological polar surface area (TPSA) is 37.4 Å². The largest absolute Gasteiger partial charge is 0.380 e. The molecule has 0 spiro atoms. The van der Waals surface area contributed by atoms with E-state index in [1.807, 2.05) is 12.1 Å². The molecular formula is C15H24ClN3O. The van der Waals surface area contributed by atoms with E-state index >= 15 is 0 Å². The molecule has 2 atom stereocenters. The molecule has 0 aromatic carbocycles. The molecule has 1 N–H and O–H groups in total. The van der Waals surface area contributed by atoms with Crippen molar-refractivity contribution >= 4 is 17.4 Å². The Labute approximate surface area is 126 Å². The second-order valence-corrected chi connectivity index (χ2v) is 5.84. The third-order valence-electron chi connectivity index (χ3n) is 3.93. The first-order valence-corrected chi connectivity index (χ1v) is 7.66. The highest BCUT2D eigenvalue weighted by molar-refractivity contribution is 6.31. The van der Waals surface area contributed by atoms with Gasteiger partial charge in [0.1, 0.15) is 5.82 Å². The molecule has 0 aliphatic carbocycles. The van der Waals surface area contributed by atoms with E-state index in [0.717, 1.165) is 49.1 Å². The minimum absolute atomic E-state index is 0.305. The van der Waals surface area contributed by atoms with Crippen LogP contribution in [0.2, 0.25) is 5.02 Å². The highest BCUT2D eigenvalue weighted by Gasteiger charge is 2.26. The summed E-state index contributed by atoms with van der Waals surface area (Å²) in [4.78, 5) is 6.97. The standard InChI is InChI=1S/C15H24ClN3O/c1-4-17-15-6-5-12(16)13(18-15)9-19-8-7-11(2)14(10-19)20-3/h5-6,11,14H,4,7-10H2,1-3H3,(H,17,18). The van der Waals surface area contributed by atoms with Crippen LogP contribution in [0.25, 0.3) is 0 Å². The van der Waals surface area contributed by atoms with Gasteiger partial charge in [0.25, 0.3) is 0 Å². The maximum atomic E-state index is 6.27. The van der Waals surface area contributed by atoms with E-state index in [2.05, 4.69) is 29.0 Å². The van der Waals surface area contributed by atoms with Crippen LogP contribution in [0.3, 0.4) is 0 Å². The van der Waals surface area contributed by atoms with Gasteiger partial charge in [-0.05, 0) is 37.9 Å². The third-order valence-corrected chi connectivity index (χ3v) is 4.27. The monoisotopic (exact) mass is 297 g/mol. The molecule has 4 nitrogen and oxygen atoms in total. The van der Waals surface area contributed by atoms with Crippen LogP contribution in [0, 0.1) is 5.92 Å². The van der Waals surface area contributed by atoms with Crippen molar-refractivity contribution in [1.82, 2.24) is 9.88 Å². The van der Waals surface area contributed by atoms with Gasteiger partial charge in [0.15, 0.2) is 0 Å². The number of hydrogen-bond donors (Lipinski definition) is 1. The first-order chi connectivity index (χ1) is 9.63. The molecule has 2 unspecified atom stereocenters. The fourth-order valence-corrected chi connectivity index (χ4v) is 2.80. The Balaban J connectivity index is 2.04. The number of pyridine rings is 1. The number of halogens is 1. The van der Waals surface area contributed by atoms with Crippen LogP contribution in [-0.4, -0.2) is 42.7 Å². The molecule has 0 bridgehead atoms. The lowest BCUT2D eigenvalue weighted by Crippen LogP contribution is -2.43. The number of nitrogens with zero attached hydrogens (tertiary/aromatic N) is 2. The fourth-order valence-electron chi connectivity index (χ4n) is 2.63. The third kappa shape index (κ3) is 3.84. The number of methoxy groups -OCH3 is 1. The summed E-state index contributed by atoms with van der Waals surface area (Å²) in [7, 11) is 1.79. The quantitative estimate of drug-likeness (QED) is 0.906. The zero-order chi connectivity index (χ0) is 14.5. The Morgan fingerprint density at radius 3 is 3.00 bits per heavy atom. The van der Waals surface area contributed by atoms with Crippen molar-refractivity contribution in [3.63, 3.8) is 0 Å². The average molecular weight is 298 g/mol. The molecule has 5 heteroatoms. The van der Waals surface area contributed by atoms with E-state index in [4.69, 9.17) is 16.3 Å². The lowest BCUT2D eigenvalue weighted by molar-refractivity contribution is -0.00776. The summed E-state index contributed by atoms with van der Waals surface area (Å²) in [6.07, 6.45) is 1.46. The number of likely N-dealkylation sites (tertiary alicyclic amines) is 1. The van der Waals surface area contributed by atoms with Crippen molar-refractivity contribution in [2.45, 2.75) is 32.9 Å². The van der Waals surface area contributed by atoms with Gasteiger partial charge < -0.3 is 10.1 Å². The number of anilines is 1. The maximum absolute atomic E-state index is 6.27. The minimum atomic E-state index is 0.305. The van der Waals surface area contributed by atoms with Crippen LogP contribution in [0.1, 0.15) is 26.0 Å². The molecule has 2 rings (SSSR count). The smallest absolute Gasteiger partial charge is 0.126 e. The van der Waals surface area contributed by atoms with Crippen molar-refractivity contribution < 1.29 is 4.74 Å². The van der Waals surface area contributed by atoms with Gasteiger partial charge in [-0.15, -0.1) is 0 Å². The van der Waals surface area contributed by atoms with Crippen LogP contribution < -0.4 is 5.32 Å². The molecule has 0 radical (unpaired) electrons. The fraction of sp³-hybridized carbons (Fsp3) is 0.667. The summed E-state index contributed by atoms with van der Waals surface area (Å²) in [5, 5.41) is 3.96.